The molecule has 0 saturated carbocycles. The van der Waals surface area contributed by atoms with Crippen LogP contribution in [0, 0.1) is 11.6 Å². The molecular formula is C16H21F2NO3. The van der Waals surface area contributed by atoms with E-state index in [0.29, 0.717) is 18.4 Å². The molecule has 1 aromatic carbocycles. The number of hydrogen-bond acceptors (Lipinski definition) is 2. The maximum absolute atomic E-state index is 13.1. The fraction of sp³-hybridized carbons (Fsp3) is 0.500. The quantitative estimate of drug-likeness (QED) is 0.802. The van der Waals surface area contributed by atoms with Crippen molar-refractivity contribution in [3.8, 4) is 0 Å². The van der Waals surface area contributed by atoms with E-state index in [1.54, 1.807) is 0 Å². The van der Waals surface area contributed by atoms with Crippen LogP contribution in [0.25, 0.3) is 0 Å². The van der Waals surface area contributed by atoms with Gasteiger partial charge in [-0.1, -0.05) is 6.07 Å². The number of aliphatic carboxylic acids is 1. The Labute approximate surface area is 128 Å². The standard InChI is InChI=1S/C16H21F2NO3/c1-11(2)19(9-8-16(21)22)15(20)5-3-4-12-6-7-13(17)14(18)10-12/h6-7,10-11H,3-5,8-9H2,1-2H3,(H,21,22). The molecule has 0 saturated heterocycles. The van der Waals surface area contributed by atoms with Crippen LogP contribution in [0.2, 0.25) is 0 Å². The van der Waals surface area contributed by atoms with Crippen LogP contribution in [0.4, 0.5) is 8.78 Å². The number of nitrogens with zero attached hydrogens (tertiary/aromatic N) is 1. The maximum Gasteiger partial charge on any atom is 0.305 e. The Morgan fingerprint density at radius 2 is 1.86 bits per heavy atom. The molecule has 0 aliphatic carbocycles. The van der Waals surface area contributed by atoms with E-state index in [4.69, 9.17) is 5.11 Å². The third-order valence-electron chi connectivity index (χ3n) is 3.35. The molecule has 0 fully saturated rings. The van der Waals surface area contributed by atoms with Gasteiger partial charge in [0.15, 0.2) is 11.6 Å². The first-order valence-electron chi connectivity index (χ1n) is 7.26. The lowest BCUT2D eigenvalue weighted by molar-refractivity contribution is -0.139. The van der Waals surface area contributed by atoms with Crippen molar-refractivity contribution in [2.24, 2.45) is 0 Å². The van der Waals surface area contributed by atoms with Crippen molar-refractivity contribution < 1.29 is 23.5 Å². The highest BCUT2D eigenvalue weighted by Crippen LogP contribution is 2.12. The average molecular weight is 313 g/mol. The Balaban J connectivity index is 2.48. The molecule has 0 spiro atoms. The normalized spacial score (nSPS) is 10.8. The van der Waals surface area contributed by atoms with Gasteiger partial charge >= 0.3 is 5.97 Å². The fourth-order valence-electron chi connectivity index (χ4n) is 2.17. The Morgan fingerprint density at radius 1 is 1.18 bits per heavy atom. The van der Waals surface area contributed by atoms with E-state index in [2.05, 4.69) is 0 Å². The van der Waals surface area contributed by atoms with E-state index >= 15 is 0 Å². The second kappa shape index (κ2) is 8.46. The number of carbonyl (C=O) groups excluding carboxylic acids is 1. The highest BCUT2D eigenvalue weighted by atomic mass is 19.2. The van der Waals surface area contributed by atoms with Gasteiger partial charge in [-0.25, -0.2) is 8.78 Å². The lowest BCUT2D eigenvalue weighted by atomic mass is 10.1. The molecule has 0 atom stereocenters. The van der Waals surface area contributed by atoms with Crippen molar-refractivity contribution in [3.63, 3.8) is 0 Å². The molecule has 1 amide bonds. The van der Waals surface area contributed by atoms with Gasteiger partial charge in [0.05, 0.1) is 6.42 Å². The summed E-state index contributed by atoms with van der Waals surface area (Å²) in [6.07, 6.45) is 1.12. The zero-order valence-corrected chi connectivity index (χ0v) is 12.8. The predicted molar refractivity (Wildman–Crippen MR) is 78.4 cm³/mol. The van der Waals surface area contributed by atoms with Gasteiger partial charge in [-0.05, 0) is 44.4 Å². The second-order valence-electron chi connectivity index (χ2n) is 5.43. The minimum atomic E-state index is -0.944. The molecule has 0 aromatic heterocycles. The Morgan fingerprint density at radius 3 is 2.41 bits per heavy atom. The van der Waals surface area contributed by atoms with Gasteiger partial charge in [0, 0.05) is 19.0 Å². The number of aryl methyl sites for hydroxylation is 1. The lowest BCUT2D eigenvalue weighted by Crippen LogP contribution is -2.38. The van der Waals surface area contributed by atoms with E-state index in [0.717, 1.165) is 12.1 Å². The minimum Gasteiger partial charge on any atom is -0.481 e. The van der Waals surface area contributed by atoms with Crippen molar-refractivity contribution in [3.05, 3.63) is 35.4 Å². The molecule has 0 aliphatic rings. The molecule has 0 radical (unpaired) electrons. The number of rotatable bonds is 8. The highest BCUT2D eigenvalue weighted by molar-refractivity contribution is 5.77. The molecule has 1 aromatic rings. The van der Waals surface area contributed by atoms with Gasteiger partial charge < -0.3 is 10.0 Å². The lowest BCUT2D eigenvalue weighted by Gasteiger charge is -2.26. The van der Waals surface area contributed by atoms with Crippen LogP contribution >= 0.6 is 0 Å². The van der Waals surface area contributed by atoms with Gasteiger partial charge in [0.2, 0.25) is 5.91 Å². The van der Waals surface area contributed by atoms with Crippen LogP contribution in [0.1, 0.15) is 38.7 Å². The minimum absolute atomic E-state index is 0.0740. The maximum atomic E-state index is 13.1. The molecule has 1 rings (SSSR count). The largest absolute Gasteiger partial charge is 0.481 e. The molecule has 122 valence electrons. The van der Waals surface area contributed by atoms with E-state index < -0.39 is 17.6 Å². The Kier molecular flexibility index (Phi) is 6.95. The zero-order chi connectivity index (χ0) is 16.7. The summed E-state index contributed by atoms with van der Waals surface area (Å²) < 4.78 is 25.9. The average Bonchev–Trinajstić information content (AvgIpc) is 2.42. The smallest absolute Gasteiger partial charge is 0.305 e. The van der Waals surface area contributed by atoms with Crippen LogP contribution < -0.4 is 0 Å². The van der Waals surface area contributed by atoms with Gasteiger partial charge in [-0.3, -0.25) is 9.59 Å². The number of hydrogen-bond donors (Lipinski definition) is 1. The Bertz CT molecular complexity index is 532. The summed E-state index contributed by atoms with van der Waals surface area (Å²) in [5.41, 5.74) is 0.633. The monoisotopic (exact) mass is 313 g/mol. The Hall–Kier alpha value is -1.98. The van der Waals surface area contributed by atoms with Crippen LogP contribution in [0.3, 0.4) is 0 Å². The molecule has 4 nitrogen and oxygen atoms in total. The SMILES string of the molecule is CC(C)N(CCC(=O)O)C(=O)CCCc1ccc(F)c(F)c1. The number of carboxylic acids is 1. The molecule has 1 N–H and O–H groups in total. The molecule has 0 unspecified atom stereocenters. The summed E-state index contributed by atoms with van der Waals surface area (Å²) in [4.78, 5) is 24.2. The van der Waals surface area contributed by atoms with Crippen molar-refractivity contribution in [1.82, 2.24) is 4.90 Å². The van der Waals surface area contributed by atoms with Crippen molar-refractivity contribution in [1.29, 1.82) is 0 Å². The summed E-state index contributed by atoms with van der Waals surface area (Å²) >= 11 is 0. The van der Waals surface area contributed by atoms with Gasteiger partial charge in [0.1, 0.15) is 0 Å². The summed E-state index contributed by atoms with van der Waals surface area (Å²) in [7, 11) is 0. The van der Waals surface area contributed by atoms with Crippen molar-refractivity contribution in [2.45, 2.75) is 45.6 Å². The third-order valence-corrected chi connectivity index (χ3v) is 3.35. The number of benzene rings is 1. The third kappa shape index (κ3) is 5.79. The van der Waals surface area contributed by atoms with Crippen LogP contribution in [-0.2, 0) is 16.0 Å². The van der Waals surface area contributed by atoms with Crippen LogP contribution in [0.15, 0.2) is 18.2 Å². The topological polar surface area (TPSA) is 57.6 Å². The molecule has 22 heavy (non-hydrogen) atoms. The van der Waals surface area contributed by atoms with Gasteiger partial charge in [-0.15, -0.1) is 0 Å². The summed E-state index contributed by atoms with van der Waals surface area (Å²) in [5, 5.41) is 8.69. The number of carboxylic acid groups (broad SMARTS) is 1. The zero-order valence-electron chi connectivity index (χ0n) is 12.8. The van der Waals surface area contributed by atoms with Crippen LogP contribution in [0.5, 0.6) is 0 Å². The van der Waals surface area contributed by atoms with Crippen LogP contribution in [-0.4, -0.2) is 34.5 Å². The highest BCUT2D eigenvalue weighted by Gasteiger charge is 2.17. The van der Waals surface area contributed by atoms with E-state index in [1.165, 1.54) is 11.0 Å². The van der Waals surface area contributed by atoms with Crippen molar-refractivity contribution >= 4 is 11.9 Å². The molecule has 6 heteroatoms. The van der Waals surface area contributed by atoms with E-state index in [-0.39, 0.29) is 31.3 Å². The molecule has 0 heterocycles. The van der Waals surface area contributed by atoms with E-state index in [9.17, 15) is 18.4 Å². The first kappa shape index (κ1) is 18.1. The molecule has 0 aliphatic heterocycles. The number of amides is 1. The number of carbonyl (C=O) groups is 2. The predicted octanol–water partition coefficient (Wildman–Crippen LogP) is 3.00. The second-order valence-corrected chi connectivity index (χ2v) is 5.43. The number of halogens is 2. The first-order chi connectivity index (χ1) is 10.3. The van der Waals surface area contributed by atoms with Gasteiger partial charge in [0.25, 0.3) is 0 Å². The molecule has 0 bridgehead atoms. The fourth-order valence-corrected chi connectivity index (χ4v) is 2.17. The summed E-state index contributed by atoms with van der Waals surface area (Å²) in [6.45, 7) is 3.83. The summed E-state index contributed by atoms with van der Waals surface area (Å²) in [5.74, 6) is -2.85. The van der Waals surface area contributed by atoms with Crippen molar-refractivity contribution in [2.75, 3.05) is 6.54 Å². The van der Waals surface area contributed by atoms with Gasteiger partial charge in [-0.2, -0.15) is 0 Å². The van der Waals surface area contributed by atoms with E-state index in [1.807, 2.05) is 13.8 Å². The summed E-state index contributed by atoms with van der Waals surface area (Å²) in [6, 6.07) is 3.62. The first-order valence-corrected chi connectivity index (χ1v) is 7.26. The molecular weight excluding hydrogens is 292 g/mol.